The Morgan fingerprint density at radius 1 is 0.977 bits per heavy atom. The van der Waals surface area contributed by atoms with Crippen molar-refractivity contribution in [1.29, 1.82) is 0 Å². The molecule has 0 aliphatic heterocycles. The average molecular weight is 623 g/mol. The summed E-state index contributed by atoms with van der Waals surface area (Å²) in [5.41, 5.74) is 1.04. The standard InChI is InChI=1S/C21H24F6N6O.C6H3F3/c1-32(29)18(21(25,26)27)17(28)15-10-13(12-6-3-2-4-7-12)19(34)33(31-15)11-16-14(20(22,23)24)8-5-9-30-16;7-4-1-5(8)3-6(9)2-4/h5,8-10,12H,2-4,6-7,11,28-29H2,1H3;1-3H/b18-17-;. The Kier molecular flexibility index (Phi) is 10.5. The van der Waals surface area contributed by atoms with Crippen LogP contribution in [0.15, 0.2) is 53.1 Å². The lowest BCUT2D eigenvalue weighted by atomic mass is 9.84. The second-order valence-corrected chi connectivity index (χ2v) is 9.74. The Bertz CT molecular complexity index is 1460. The molecule has 0 saturated heterocycles. The topological polar surface area (TPSA) is 103 Å². The summed E-state index contributed by atoms with van der Waals surface area (Å²) in [5.74, 6) is 2.38. The average Bonchev–Trinajstić information content (AvgIpc) is 2.88. The molecule has 0 unspecified atom stereocenters. The quantitative estimate of drug-likeness (QED) is 0.210. The number of alkyl halides is 6. The lowest BCUT2D eigenvalue weighted by Crippen LogP contribution is -2.37. The summed E-state index contributed by atoms with van der Waals surface area (Å²) >= 11 is 0. The molecule has 1 aliphatic carbocycles. The summed E-state index contributed by atoms with van der Waals surface area (Å²) in [6, 6.07) is 4.93. The first-order valence-electron chi connectivity index (χ1n) is 12.8. The maximum atomic E-state index is 13.6. The fraction of sp³-hybridized carbons (Fsp3) is 0.370. The van der Waals surface area contributed by atoms with Crippen molar-refractivity contribution < 1.29 is 39.5 Å². The van der Waals surface area contributed by atoms with E-state index in [9.17, 15) is 44.3 Å². The van der Waals surface area contributed by atoms with Crippen LogP contribution in [0, 0.1) is 17.5 Å². The molecule has 7 nitrogen and oxygen atoms in total. The number of aromatic nitrogens is 3. The van der Waals surface area contributed by atoms with Gasteiger partial charge in [0.05, 0.1) is 23.5 Å². The van der Waals surface area contributed by atoms with Crippen molar-refractivity contribution in [1.82, 2.24) is 19.8 Å². The second-order valence-electron chi connectivity index (χ2n) is 9.74. The van der Waals surface area contributed by atoms with E-state index in [2.05, 4.69) is 10.1 Å². The Labute approximate surface area is 239 Å². The summed E-state index contributed by atoms with van der Waals surface area (Å²) in [7, 11) is 0.942. The number of hydrogen-bond donors (Lipinski definition) is 2. The van der Waals surface area contributed by atoms with E-state index in [-0.39, 0.29) is 16.5 Å². The highest BCUT2D eigenvalue weighted by Crippen LogP contribution is 2.34. The van der Waals surface area contributed by atoms with Crippen molar-refractivity contribution >= 4 is 5.70 Å². The molecule has 4 N–H and O–H groups in total. The minimum Gasteiger partial charge on any atom is -0.395 e. The Balaban J connectivity index is 0.000000480. The molecule has 2 heterocycles. The summed E-state index contributed by atoms with van der Waals surface area (Å²) in [4.78, 5) is 16.9. The lowest BCUT2D eigenvalue weighted by molar-refractivity contribution is -0.138. The van der Waals surface area contributed by atoms with Gasteiger partial charge in [-0.3, -0.25) is 9.78 Å². The van der Waals surface area contributed by atoms with Gasteiger partial charge in [-0.25, -0.2) is 23.7 Å². The van der Waals surface area contributed by atoms with Crippen molar-refractivity contribution in [2.24, 2.45) is 11.6 Å². The van der Waals surface area contributed by atoms with E-state index in [1.165, 1.54) is 6.07 Å². The molecule has 0 atom stereocenters. The van der Waals surface area contributed by atoms with Crippen molar-refractivity contribution in [2.75, 3.05) is 7.05 Å². The van der Waals surface area contributed by atoms with Gasteiger partial charge in [0.15, 0.2) is 5.70 Å². The third-order valence-electron chi connectivity index (χ3n) is 6.52. The number of nitrogens with zero attached hydrogens (tertiary/aromatic N) is 4. The molecule has 0 spiro atoms. The molecule has 4 rings (SSSR count). The fourth-order valence-corrected chi connectivity index (χ4v) is 4.66. The Morgan fingerprint density at radius 3 is 2.02 bits per heavy atom. The van der Waals surface area contributed by atoms with Gasteiger partial charge >= 0.3 is 12.4 Å². The maximum absolute atomic E-state index is 13.6. The number of hydrogen-bond acceptors (Lipinski definition) is 6. The van der Waals surface area contributed by atoms with E-state index in [0.29, 0.717) is 35.7 Å². The molecule has 1 saturated carbocycles. The predicted octanol–water partition coefficient (Wildman–Crippen LogP) is 5.85. The van der Waals surface area contributed by atoms with Gasteiger partial charge in [0.1, 0.15) is 23.1 Å². The molecular formula is C27H27F9N6O. The number of halogens is 9. The van der Waals surface area contributed by atoms with Crippen molar-refractivity contribution in [2.45, 2.75) is 56.9 Å². The molecule has 16 heteroatoms. The Morgan fingerprint density at radius 2 is 1.53 bits per heavy atom. The normalized spacial score (nSPS) is 15.0. The first kappa shape index (κ1) is 33.4. The lowest BCUT2D eigenvalue weighted by Gasteiger charge is -2.24. The SMILES string of the molecule is CN(N)/C(=C(\N)c1cc(C2CCCCC2)c(=O)n(Cc2ncccc2C(F)(F)F)n1)C(F)(F)F.Fc1cc(F)cc(F)c1. The van der Waals surface area contributed by atoms with Crippen molar-refractivity contribution in [3.8, 4) is 0 Å². The smallest absolute Gasteiger partial charge is 0.395 e. The summed E-state index contributed by atoms with van der Waals surface area (Å²) in [6.45, 7) is -0.699. The minimum absolute atomic E-state index is 0.151. The van der Waals surface area contributed by atoms with E-state index < -0.39 is 70.3 Å². The molecule has 1 aliphatic rings. The number of pyridine rings is 1. The number of rotatable bonds is 5. The van der Waals surface area contributed by atoms with Crippen LogP contribution in [0.25, 0.3) is 5.70 Å². The van der Waals surface area contributed by atoms with Crippen LogP contribution >= 0.6 is 0 Å². The van der Waals surface area contributed by atoms with Gasteiger partial charge in [0, 0.05) is 37.0 Å². The molecule has 0 amide bonds. The number of hydrazine groups is 1. The third kappa shape index (κ3) is 8.72. The molecule has 0 bridgehead atoms. The van der Waals surface area contributed by atoms with Gasteiger partial charge in [-0.1, -0.05) is 19.3 Å². The third-order valence-corrected chi connectivity index (χ3v) is 6.52. The Hall–Kier alpha value is -4.08. The first-order chi connectivity index (χ1) is 20.0. The molecule has 1 aromatic carbocycles. The zero-order chi connectivity index (χ0) is 32.1. The molecule has 0 radical (unpaired) electrons. The summed E-state index contributed by atoms with van der Waals surface area (Å²) in [6.07, 6.45) is -4.76. The van der Waals surface area contributed by atoms with E-state index in [1.807, 2.05) is 0 Å². The summed E-state index contributed by atoms with van der Waals surface area (Å²) in [5, 5.41) is 4.18. The van der Waals surface area contributed by atoms with Crippen LogP contribution in [0.1, 0.15) is 60.5 Å². The van der Waals surface area contributed by atoms with Gasteiger partial charge in [-0.15, -0.1) is 0 Å². The largest absolute Gasteiger partial charge is 0.434 e. The molecular weight excluding hydrogens is 595 g/mol. The maximum Gasteiger partial charge on any atom is 0.434 e. The van der Waals surface area contributed by atoms with Gasteiger partial charge < -0.3 is 10.7 Å². The highest BCUT2D eigenvalue weighted by molar-refractivity contribution is 5.63. The number of allylic oxidation sites excluding steroid dienone is 1. The molecule has 2 aromatic heterocycles. The van der Waals surface area contributed by atoms with Gasteiger partial charge in [-0.2, -0.15) is 31.4 Å². The van der Waals surface area contributed by atoms with Crippen LogP contribution in [0.3, 0.4) is 0 Å². The zero-order valence-electron chi connectivity index (χ0n) is 22.6. The summed E-state index contributed by atoms with van der Waals surface area (Å²) < 4.78 is 118. The van der Waals surface area contributed by atoms with Crippen LogP contribution in [0.4, 0.5) is 39.5 Å². The van der Waals surface area contributed by atoms with Gasteiger partial charge in [0.25, 0.3) is 5.56 Å². The fourth-order valence-electron chi connectivity index (χ4n) is 4.66. The monoisotopic (exact) mass is 622 g/mol. The van der Waals surface area contributed by atoms with Gasteiger partial charge in [0.2, 0.25) is 0 Å². The number of nitrogens with two attached hydrogens (primary N) is 2. The first-order valence-corrected chi connectivity index (χ1v) is 12.8. The predicted molar refractivity (Wildman–Crippen MR) is 138 cm³/mol. The van der Waals surface area contributed by atoms with E-state index in [4.69, 9.17) is 11.6 Å². The highest BCUT2D eigenvalue weighted by Gasteiger charge is 2.39. The molecule has 234 valence electrons. The van der Waals surface area contributed by atoms with Crippen molar-refractivity contribution in [3.63, 3.8) is 0 Å². The second kappa shape index (κ2) is 13.5. The van der Waals surface area contributed by atoms with Crippen molar-refractivity contribution in [3.05, 3.63) is 98.6 Å². The highest BCUT2D eigenvalue weighted by atomic mass is 19.4. The van der Waals surface area contributed by atoms with Crippen LogP contribution in [-0.4, -0.2) is 33.0 Å². The minimum atomic E-state index is -4.94. The number of benzene rings is 1. The van der Waals surface area contributed by atoms with Crippen LogP contribution < -0.4 is 17.1 Å². The van der Waals surface area contributed by atoms with E-state index >= 15 is 0 Å². The van der Waals surface area contributed by atoms with Gasteiger partial charge in [-0.05, 0) is 37.0 Å². The van der Waals surface area contributed by atoms with Crippen LogP contribution in [-0.2, 0) is 12.7 Å². The van der Waals surface area contributed by atoms with Crippen LogP contribution in [0.2, 0.25) is 0 Å². The molecule has 1 fully saturated rings. The van der Waals surface area contributed by atoms with Crippen LogP contribution in [0.5, 0.6) is 0 Å². The molecule has 3 aromatic rings. The zero-order valence-corrected chi connectivity index (χ0v) is 22.6. The molecule has 43 heavy (non-hydrogen) atoms. The van der Waals surface area contributed by atoms with E-state index in [0.717, 1.165) is 44.6 Å². The van der Waals surface area contributed by atoms with E-state index in [1.54, 1.807) is 0 Å².